The van der Waals surface area contributed by atoms with Gasteiger partial charge in [-0.1, -0.05) is 46.2 Å². The molecule has 1 aliphatic rings. The maximum atomic E-state index is 11.1. The fourth-order valence-corrected chi connectivity index (χ4v) is 1.40. The zero-order valence-electron chi connectivity index (χ0n) is 11.6. The van der Waals surface area contributed by atoms with E-state index in [-0.39, 0.29) is 5.91 Å². The van der Waals surface area contributed by atoms with E-state index in [1.54, 1.807) is 0 Å². The van der Waals surface area contributed by atoms with Crippen LogP contribution in [0.25, 0.3) is 0 Å². The Morgan fingerprint density at radius 3 is 2.35 bits per heavy atom. The van der Waals surface area contributed by atoms with Crippen LogP contribution in [0.4, 0.5) is 11.4 Å². The second-order valence-corrected chi connectivity index (χ2v) is 3.63. The van der Waals surface area contributed by atoms with Crippen molar-refractivity contribution in [3.05, 3.63) is 24.3 Å². The van der Waals surface area contributed by atoms with Gasteiger partial charge in [-0.3, -0.25) is 4.79 Å². The van der Waals surface area contributed by atoms with Crippen molar-refractivity contribution in [2.24, 2.45) is 0 Å². The Hall–Kier alpha value is -1.51. The number of hydrogen-bond donors (Lipinski definition) is 1. The smallest absolute Gasteiger partial charge is 0.243 e. The maximum absolute atomic E-state index is 11.1. The summed E-state index contributed by atoms with van der Waals surface area (Å²) in [5.74, 6) is 0.0520. The Morgan fingerprint density at radius 1 is 1.24 bits per heavy atom. The van der Waals surface area contributed by atoms with Crippen LogP contribution in [-0.4, -0.2) is 19.5 Å². The molecule has 0 aliphatic carbocycles. The van der Waals surface area contributed by atoms with Gasteiger partial charge in [-0.15, -0.1) is 0 Å². The lowest BCUT2D eigenvalue weighted by atomic mass is 10.2. The van der Waals surface area contributed by atoms with Gasteiger partial charge < -0.3 is 10.2 Å². The quantitative estimate of drug-likeness (QED) is 0.747. The van der Waals surface area contributed by atoms with Gasteiger partial charge in [0.25, 0.3) is 0 Å². The van der Waals surface area contributed by atoms with Crippen molar-refractivity contribution >= 4 is 17.3 Å². The minimum absolute atomic E-state index is 0.0520. The van der Waals surface area contributed by atoms with Crippen LogP contribution in [0.1, 0.15) is 34.1 Å². The van der Waals surface area contributed by atoms with E-state index in [4.69, 9.17) is 0 Å². The Labute approximate surface area is 105 Å². The van der Waals surface area contributed by atoms with Gasteiger partial charge in [0.05, 0.1) is 17.9 Å². The average Bonchev–Trinajstić information content (AvgIpc) is 2.32. The Kier molecular flexibility index (Phi) is 7.85. The number of rotatable bonds is 0. The topological polar surface area (TPSA) is 32.3 Å². The highest BCUT2D eigenvalue weighted by Crippen LogP contribution is 2.26. The van der Waals surface area contributed by atoms with Gasteiger partial charge in [-0.05, 0) is 12.1 Å². The largest absolute Gasteiger partial charge is 0.364 e. The number of carbonyl (C=O) groups excluding carboxylic acids is 1. The first-order valence-electron chi connectivity index (χ1n) is 6.29. The summed E-state index contributed by atoms with van der Waals surface area (Å²) < 4.78 is 0. The fraction of sp³-hybridized carbons (Fsp3) is 0.500. The van der Waals surface area contributed by atoms with Crippen molar-refractivity contribution in [1.29, 1.82) is 0 Å². The highest BCUT2D eigenvalue weighted by Gasteiger charge is 2.17. The van der Waals surface area contributed by atoms with E-state index in [9.17, 15) is 4.79 Å². The second kappa shape index (κ2) is 8.62. The van der Waals surface area contributed by atoms with Crippen molar-refractivity contribution < 1.29 is 4.79 Å². The average molecular weight is 236 g/mol. The molecule has 3 heteroatoms. The van der Waals surface area contributed by atoms with Gasteiger partial charge in [0, 0.05) is 7.05 Å². The van der Waals surface area contributed by atoms with Crippen LogP contribution >= 0.6 is 0 Å². The van der Waals surface area contributed by atoms with E-state index >= 15 is 0 Å². The Morgan fingerprint density at radius 2 is 1.76 bits per heavy atom. The predicted molar refractivity (Wildman–Crippen MR) is 75.7 cm³/mol. The number of amides is 1. The summed E-state index contributed by atoms with van der Waals surface area (Å²) >= 11 is 0. The SMILES string of the molecule is CC.CCC.CN1CC(=O)Nc2ccccc21. The number of fused-ring (bicyclic) bond motifs is 1. The molecule has 0 bridgehead atoms. The molecule has 0 aromatic heterocycles. The normalized spacial score (nSPS) is 12.3. The molecule has 0 fully saturated rings. The molecule has 1 aromatic rings. The number of carbonyl (C=O) groups is 1. The lowest BCUT2D eigenvalue weighted by Crippen LogP contribution is -2.35. The molecular weight excluding hydrogens is 212 g/mol. The first kappa shape index (κ1) is 15.5. The van der Waals surface area contributed by atoms with Gasteiger partial charge in [-0.2, -0.15) is 0 Å². The first-order chi connectivity index (χ1) is 8.19. The summed E-state index contributed by atoms with van der Waals surface area (Å²) in [5.41, 5.74) is 1.98. The summed E-state index contributed by atoms with van der Waals surface area (Å²) in [4.78, 5) is 13.0. The minimum atomic E-state index is 0.0520. The maximum Gasteiger partial charge on any atom is 0.243 e. The molecule has 1 heterocycles. The molecule has 1 aliphatic heterocycles. The zero-order valence-corrected chi connectivity index (χ0v) is 11.6. The summed E-state index contributed by atoms with van der Waals surface area (Å²) in [6.07, 6.45) is 1.25. The summed E-state index contributed by atoms with van der Waals surface area (Å²) in [6, 6.07) is 7.78. The number of nitrogens with one attached hydrogen (secondary N) is 1. The molecular formula is C14H24N2O. The Balaban J connectivity index is 0.000000450. The van der Waals surface area contributed by atoms with E-state index in [2.05, 4.69) is 19.2 Å². The number of benzene rings is 1. The molecule has 0 spiro atoms. The molecule has 1 amide bonds. The van der Waals surface area contributed by atoms with Crippen LogP contribution in [0.2, 0.25) is 0 Å². The van der Waals surface area contributed by atoms with E-state index in [1.807, 2.05) is 50.1 Å². The number of likely N-dealkylation sites (N-methyl/N-ethyl adjacent to an activating group) is 1. The van der Waals surface area contributed by atoms with Crippen LogP contribution in [0.3, 0.4) is 0 Å². The van der Waals surface area contributed by atoms with E-state index < -0.39 is 0 Å². The molecule has 0 unspecified atom stereocenters. The third kappa shape index (κ3) is 4.89. The van der Waals surface area contributed by atoms with E-state index in [0.717, 1.165) is 11.4 Å². The molecule has 2 rings (SSSR count). The highest BCUT2D eigenvalue weighted by molar-refractivity contribution is 6.00. The van der Waals surface area contributed by atoms with Gasteiger partial charge in [0.2, 0.25) is 5.91 Å². The third-order valence-electron chi connectivity index (χ3n) is 1.97. The van der Waals surface area contributed by atoms with Crippen LogP contribution in [0.15, 0.2) is 24.3 Å². The number of nitrogens with zero attached hydrogens (tertiary/aromatic N) is 1. The Bertz CT molecular complexity index is 337. The molecule has 0 saturated heterocycles. The molecule has 96 valence electrons. The second-order valence-electron chi connectivity index (χ2n) is 3.63. The van der Waals surface area contributed by atoms with Crippen molar-refractivity contribution in [1.82, 2.24) is 0 Å². The van der Waals surface area contributed by atoms with Crippen molar-refractivity contribution in [3.8, 4) is 0 Å². The molecule has 0 atom stereocenters. The number of hydrogen-bond acceptors (Lipinski definition) is 2. The molecule has 1 N–H and O–H groups in total. The van der Waals surface area contributed by atoms with Crippen molar-refractivity contribution in [3.63, 3.8) is 0 Å². The van der Waals surface area contributed by atoms with Crippen molar-refractivity contribution in [2.75, 3.05) is 23.8 Å². The number of anilines is 2. The fourth-order valence-electron chi connectivity index (χ4n) is 1.40. The van der Waals surface area contributed by atoms with Crippen LogP contribution in [-0.2, 0) is 4.79 Å². The van der Waals surface area contributed by atoms with E-state index in [0.29, 0.717) is 6.54 Å². The minimum Gasteiger partial charge on any atom is -0.364 e. The molecule has 0 radical (unpaired) electrons. The standard InChI is InChI=1S/C9H10N2O.C3H8.C2H6/c1-11-6-9(12)10-7-4-2-3-5-8(7)11;1-3-2;1-2/h2-5H,6H2,1H3,(H,10,12);3H2,1-2H3;1-2H3. The monoisotopic (exact) mass is 236 g/mol. The predicted octanol–water partition coefficient (Wildman–Crippen LogP) is 3.52. The van der Waals surface area contributed by atoms with Gasteiger partial charge >= 0.3 is 0 Å². The van der Waals surface area contributed by atoms with Gasteiger partial charge in [-0.25, -0.2) is 0 Å². The lowest BCUT2D eigenvalue weighted by Gasteiger charge is -2.26. The van der Waals surface area contributed by atoms with Gasteiger partial charge in [0.15, 0.2) is 0 Å². The zero-order chi connectivity index (χ0) is 13.3. The molecule has 1 aromatic carbocycles. The summed E-state index contributed by atoms with van der Waals surface area (Å²) in [5, 5.41) is 2.81. The van der Waals surface area contributed by atoms with Crippen LogP contribution in [0, 0.1) is 0 Å². The van der Waals surface area contributed by atoms with Crippen LogP contribution < -0.4 is 10.2 Å². The summed E-state index contributed by atoms with van der Waals surface area (Å²) in [7, 11) is 1.91. The first-order valence-corrected chi connectivity index (χ1v) is 6.29. The van der Waals surface area contributed by atoms with Crippen molar-refractivity contribution in [2.45, 2.75) is 34.1 Å². The van der Waals surface area contributed by atoms with Gasteiger partial charge in [0.1, 0.15) is 0 Å². The molecule has 17 heavy (non-hydrogen) atoms. The van der Waals surface area contributed by atoms with Crippen LogP contribution in [0.5, 0.6) is 0 Å². The number of para-hydroxylation sites is 2. The summed E-state index contributed by atoms with van der Waals surface area (Å²) in [6.45, 7) is 8.69. The van der Waals surface area contributed by atoms with E-state index in [1.165, 1.54) is 6.42 Å². The third-order valence-corrected chi connectivity index (χ3v) is 1.97. The lowest BCUT2D eigenvalue weighted by molar-refractivity contribution is -0.115. The highest BCUT2D eigenvalue weighted by atomic mass is 16.2. The molecule has 0 saturated carbocycles. The molecule has 3 nitrogen and oxygen atoms in total.